The van der Waals surface area contributed by atoms with Crippen molar-refractivity contribution in [2.24, 2.45) is 5.92 Å². The molecule has 1 fully saturated rings. The second-order valence-corrected chi connectivity index (χ2v) is 7.32. The maximum absolute atomic E-state index is 4.62. The number of nitrogens with one attached hydrogen (secondary N) is 1. The summed E-state index contributed by atoms with van der Waals surface area (Å²) >= 11 is 0. The van der Waals surface area contributed by atoms with Crippen LogP contribution in [0.15, 0.2) is 30.3 Å². The molecule has 3 rings (SSSR count). The number of para-hydroxylation sites is 1. The quantitative estimate of drug-likeness (QED) is 0.748. The maximum Gasteiger partial charge on any atom is 0.151 e. The summed E-state index contributed by atoms with van der Waals surface area (Å²) in [5.41, 5.74) is 1.18. The SMILES string of the molecule is CCCCN(CC)Cc1nnc(CC2CCNCC2)n1-c1ccccc1. The van der Waals surface area contributed by atoms with E-state index in [-0.39, 0.29) is 0 Å². The van der Waals surface area contributed by atoms with Crippen molar-refractivity contribution in [1.29, 1.82) is 0 Å². The van der Waals surface area contributed by atoms with Crippen molar-refractivity contribution in [2.75, 3.05) is 26.2 Å². The molecule has 0 aliphatic carbocycles. The zero-order valence-electron chi connectivity index (χ0n) is 16.3. The Balaban J connectivity index is 1.84. The van der Waals surface area contributed by atoms with Gasteiger partial charge in [-0.1, -0.05) is 38.5 Å². The van der Waals surface area contributed by atoms with Gasteiger partial charge in [0.05, 0.1) is 6.54 Å². The predicted molar refractivity (Wildman–Crippen MR) is 107 cm³/mol. The van der Waals surface area contributed by atoms with E-state index < -0.39 is 0 Å². The Kier molecular flexibility index (Phi) is 7.21. The van der Waals surface area contributed by atoms with Crippen LogP contribution in [0.3, 0.4) is 0 Å². The predicted octanol–water partition coefficient (Wildman–Crippen LogP) is 3.43. The number of aromatic nitrogens is 3. The van der Waals surface area contributed by atoms with Gasteiger partial charge in [-0.3, -0.25) is 9.47 Å². The number of benzene rings is 1. The fraction of sp³-hybridized carbons (Fsp3) is 0.619. The van der Waals surface area contributed by atoms with Gasteiger partial charge in [0.2, 0.25) is 0 Å². The van der Waals surface area contributed by atoms with Gasteiger partial charge in [0, 0.05) is 12.1 Å². The molecule has 26 heavy (non-hydrogen) atoms. The van der Waals surface area contributed by atoms with Gasteiger partial charge in [0.15, 0.2) is 5.82 Å². The van der Waals surface area contributed by atoms with Gasteiger partial charge in [-0.2, -0.15) is 0 Å². The lowest BCUT2D eigenvalue weighted by atomic mass is 9.94. The van der Waals surface area contributed by atoms with Crippen LogP contribution in [0, 0.1) is 5.92 Å². The topological polar surface area (TPSA) is 46.0 Å². The lowest BCUT2D eigenvalue weighted by Crippen LogP contribution is -2.29. The first kappa shape index (κ1) is 19.1. The Labute approximate surface area is 157 Å². The number of hydrogen-bond donors (Lipinski definition) is 1. The van der Waals surface area contributed by atoms with Crippen LogP contribution in [0.25, 0.3) is 5.69 Å². The standard InChI is InChI=1S/C21H33N5/c1-3-5-15-25(4-2)17-21-24-23-20(16-18-11-13-22-14-12-18)26(21)19-9-7-6-8-10-19/h6-10,18,22H,3-5,11-17H2,1-2H3. The van der Waals surface area contributed by atoms with Crippen LogP contribution < -0.4 is 5.32 Å². The Hall–Kier alpha value is -1.72. The Morgan fingerprint density at radius 2 is 1.81 bits per heavy atom. The van der Waals surface area contributed by atoms with Gasteiger partial charge in [0.25, 0.3) is 0 Å². The zero-order valence-corrected chi connectivity index (χ0v) is 16.3. The first-order chi connectivity index (χ1) is 12.8. The lowest BCUT2D eigenvalue weighted by Gasteiger charge is -2.23. The molecule has 1 N–H and O–H groups in total. The van der Waals surface area contributed by atoms with Gasteiger partial charge in [0.1, 0.15) is 5.82 Å². The number of piperidine rings is 1. The van der Waals surface area contributed by atoms with Crippen LogP contribution in [0.2, 0.25) is 0 Å². The molecule has 0 radical (unpaired) electrons. The summed E-state index contributed by atoms with van der Waals surface area (Å²) in [5.74, 6) is 2.89. The molecule has 5 nitrogen and oxygen atoms in total. The van der Waals surface area contributed by atoms with Crippen LogP contribution in [0.1, 0.15) is 51.2 Å². The maximum atomic E-state index is 4.62. The minimum atomic E-state index is 0.707. The van der Waals surface area contributed by atoms with Crippen molar-refractivity contribution < 1.29 is 0 Å². The molecule has 1 aliphatic heterocycles. The molecular weight excluding hydrogens is 322 g/mol. The van der Waals surface area contributed by atoms with Crippen LogP contribution >= 0.6 is 0 Å². The number of rotatable bonds is 9. The van der Waals surface area contributed by atoms with Crippen molar-refractivity contribution in [3.63, 3.8) is 0 Å². The summed E-state index contributed by atoms with van der Waals surface area (Å²) in [6.07, 6.45) is 5.94. The number of hydrogen-bond acceptors (Lipinski definition) is 4. The molecule has 0 unspecified atom stereocenters. The van der Waals surface area contributed by atoms with Crippen molar-refractivity contribution >= 4 is 0 Å². The van der Waals surface area contributed by atoms with Crippen LogP contribution in [-0.4, -0.2) is 45.8 Å². The fourth-order valence-electron chi connectivity index (χ4n) is 3.74. The molecule has 0 saturated carbocycles. The molecule has 1 saturated heterocycles. The lowest BCUT2D eigenvalue weighted by molar-refractivity contribution is 0.266. The van der Waals surface area contributed by atoms with Crippen molar-refractivity contribution in [3.05, 3.63) is 42.0 Å². The minimum absolute atomic E-state index is 0.707. The van der Waals surface area contributed by atoms with Gasteiger partial charge in [-0.15, -0.1) is 10.2 Å². The van der Waals surface area contributed by atoms with E-state index in [4.69, 9.17) is 0 Å². The molecule has 0 amide bonds. The Bertz CT molecular complexity index is 646. The molecule has 0 atom stereocenters. The Morgan fingerprint density at radius 3 is 2.50 bits per heavy atom. The van der Waals surface area contributed by atoms with Gasteiger partial charge < -0.3 is 5.32 Å². The van der Waals surface area contributed by atoms with E-state index in [1.807, 2.05) is 0 Å². The van der Waals surface area contributed by atoms with E-state index in [2.05, 4.69) is 69.2 Å². The molecule has 0 bridgehead atoms. The average Bonchev–Trinajstić information content (AvgIpc) is 3.08. The fourth-order valence-corrected chi connectivity index (χ4v) is 3.74. The van der Waals surface area contributed by atoms with E-state index in [0.29, 0.717) is 5.92 Å². The third kappa shape index (κ3) is 4.92. The van der Waals surface area contributed by atoms with Crippen LogP contribution in [0.5, 0.6) is 0 Å². The minimum Gasteiger partial charge on any atom is -0.317 e. The zero-order chi connectivity index (χ0) is 18.2. The molecule has 1 aromatic heterocycles. The summed E-state index contributed by atoms with van der Waals surface area (Å²) in [6.45, 7) is 9.76. The van der Waals surface area contributed by atoms with E-state index in [1.54, 1.807) is 0 Å². The van der Waals surface area contributed by atoms with Crippen LogP contribution in [-0.2, 0) is 13.0 Å². The highest BCUT2D eigenvalue weighted by Crippen LogP contribution is 2.21. The second-order valence-electron chi connectivity index (χ2n) is 7.32. The van der Waals surface area contributed by atoms with Crippen LogP contribution in [0.4, 0.5) is 0 Å². The number of nitrogens with zero attached hydrogens (tertiary/aromatic N) is 4. The van der Waals surface area contributed by atoms with E-state index in [0.717, 1.165) is 50.8 Å². The summed E-state index contributed by atoms with van der Waals surface area (Å²) in [4.78, 5) is 2.47. The molecular formula is C21H33N5. The van der Waals surface area contributed by atoms with E-state index in [1.165, 1.54) is 31.4 Å². The summed E-state index contributed by atoms with van der Waals surface area (Å²) in [5, 5.41) is 12.7. The normalized spacial score (nSPS) is 15.7. The molecule has 1 aliphatic rings. The third-order valence-electron chi connectivity index (χ3n) is 5.38. The summed E-state index contributed by atoms with van der Waals surface area (Å²) < 4.78 is 2.30. The number of unbranched alkanes of at least 4 members (excludes halogenated alkanes) is 1. The highest BCUT2D eigenvalue weighted by molar-refractivity contribution is 5.34. The first-order valence-electron chi connectivity index (χ1n) is 10.2. The van der Waals surface area contributed by atoms with Gasteiger partial charge >= 0.3 is 0 Å². The largest absolute Gasteiger partial charge is 0.317 e. The van der Waals surface area contributed by atoms with Crippen molar-refractivity contribution in [2.45, 2.75) is 52.5 Å². The highest BCUT2D eigenvalue weighted by Gasteiger charge is 2.21. The van der Waals surface area contributed by atoms with Crippen molar-refractivity contribution in [3.8, 4) is 5.69 Å². The average molecular weight is 356 g/mol. The second kappa shape index (κ2) is 9.83. The molecule has 0 spiro atoms. The molecule has 1 aromatic carbocycles. The molecule has 142 valence electrons. The third-order valence-corrected chi connectivity index (χ3v) is 5.38. The van der Waals surface area contributed by atoms with Gasteiger partial charge in [-0.25, -0.2) is 0 Å². The van der Waals surface area contributed by atoms with Gasteiger partial charge in [-0.05, 0) is 63.5 Å². The van der Waals surface area contributed by atoms with E-state index >= 15 is 0 Å². The molecule has 5 heteroatoms. The summed E-state index contributed by atoms with van der Waals surface area (Å²) in [6, 6.07) is 10.6. The van der Waals surface area contributed by atoms with E-state index in [9.17, 15) is 0 Å². The smallest absolute Gasteiger partial charge is 0.151 e. The molecule has 2 heterocycles. The summed E-state index contributed by atoms with van der Waals surface area (Å²) in [7, 11) is 0. The molecule has 2 aromatic rings. The highest BCUT2D eigenvalue weighted by atomic mass is 15.3. The Morgan fingerprint density at radius 1 is 1.08 bits per heavy atom. The van der Waals surface area contributed by atoms with Crippen molar-refractivity contribution in [1.82, 2.24) is 25.0 Å². The first-order valence-corrected chi connectivity index (χ1v) is 10.2. The monoisotopic (exact) mass is 355 g/mol.